The van der Waals surface area contributed by atoms with E-state index in [1.54, 1.807) is 66.7 Å². The highest BCUT2D eigenvalue weighted by Gasteiger charge is 2.23. The number of unbranched alkanes of at least 4 members (excludes halogenated alkanes) is 1. The molecule has 0 fully saturated rings. The SMILES string of the molecule is Cc1ccc(CCCCNC(=O)c2ccc(Oc3c(Oc4cccc(NS(C)(=O)=O)c4)nn4[nH]c(-c5ccc(NS(C)(=O)=O)cc5)nc34)cc2)c(C)c1. The van der Waals surface area contributed by atoms with Crippen LogP contribution in [0.2, 0.25) is 0 Å². The van der Waals surface area contributed by atoms with E-state index in [1.165, 1.54) is 27.4 Å². The number of anilines is 2. The number of amides is 1. The summed E-state index contributed by atoms with van der Waals surface area (Å²) in [4.78, 5) is 17.6. The number of rotatable bonds is 15. The van der Waals surface area contributed by atoms with Gasteiger partial charge in [-0.2, -0.15) is 0 Å². The molecule has 0 unspecified atom stereocenters. The Morgan fingerprint density at radius 1 is 0.792 bits per heavy atom. The summed E-state index contributed by atoms with van der Waals surface area (Å²) >= 11 is 0. The van der Waals surface area contributed by atoms with Crippen LogP contribution in [0.25, 0.3) is 17.0 Å². The van der Waals surface area contributed by atoms with E-state index in [4.69, 9.17) is 9.47 Å². The number of sulfonamides is 2. The van der Waals surface area contributed by atoms with Crippen LogP contribution in [0.1, 0.15) is 39.9 Å². The van der Waals surface area contributed by atoms with Gasteiger partial charge in [0.25, 0.3) is 11.8 Å². The topological polar surface area (TPSA) is 186 Å². The third-order valence-electron chi connectivity index (χ3n) is 8.02. The average Bonchev–Trinajstić information content (AvgIpc) is 3.63. The number of carbonyl (C=O) groups excluding carboxylic acids is 1. The number of aromatic amines is 1. The van der Waals surface area contributed by atoms with E-state index in [9.17, 15) is 21.6 Å². The highest BCUT2D eigenvalue weighted by atomic mass is 32.2. The number of aryl methyl sites for hydroxylation is 3. The van der Waals surface area contributed by atoms with Crippen molar-refractivity contribution in [1.82, 2.24) is 25.1 Å². The van der Waals surface area contributed by atoms with Crippen molar-refractivity contribution < 1.29 is 31.1 Å². The van der Waals surface area contributed by atoms with Gasteiger partial charge < -0.3 is 14.8 Å². The fourth-order valence-electron chi connectivity index (χ4n) is 5.59. The molecule has 0 aliphatic carbocycles. The number of hydrogen-bond acceptors (Lipinski definition) is 9. The molecule has 2 heterocycles. The lowest BCUT2D eigenvalue weighted by Gasteiger charge is -2.10. The number of nitrogens with one attached hydrogen (secondary N) is 4. The zero-order valence-electron chi connectivity index (χ0n) is 29.5. The zero-order valence-corrected chi connectivity index (χ0v) is 31.1. The van der Waals surface area contributed by atoms with Crippen LogP contribution in [-0.4, -0.2) is 61.6 Å². The van der Waals surface area contributed by atoms with E-state index in [1.807, 2.05) is 0 Å². The lowest BCUT2D eigenvalue weighted by atomic mass is 10.0. The summed E-state index contributed by atoms with van der Waals surface area (Å²) in [5.41, 5.74) is 5.91. The maximum atomic E-state index is 12.9. The standard InChI is InChI=1S/C37H39N7O7S2/c1-24-11-12-26(25(2)22-24)8-5-6-21-38-36(45)28-15-19-31(20-16-28)50-33-35-39-34(27-13-17-29(18-14-27)42-52(3,46)47)40-44(35)41-37(33)51-32-10-7-9-30(23-32)43-53(4,48)49/h7,9-20,22-23,42-43H,5-6,8,21H2,1-4H3,(H,38,45)(H,39,40). The maximum Gasteiger partial charge on any atom is 0.286 e. The predicted molar refractivity (Wildman–Crippen MR) is 204 cm³/mol. The van der Waals surface area contributed by atoms with Gasteiger partial charge >= 0.3 is 0 Å². The van der Waals surface area contributed by atoms with Crippen molar-refractivity contribution in [3.63, 3.8) is 0 Å². The number of aromatic nitrogens is 4. The first-order chi connectivity index (χ1) is 25.2. The van der Waals surface area contributed by atoms with Gasteiger partial charge in [0, 0.05) is 29.4 Å². The largest absolute Gasteiger partial charge is 0.448 e. The first-order valence-electron chi connectivity index (χ1n) is 16.6. The van der Waals surface area contributed by atoms with E-state index >= 15 is 0 Å². The van der Waals surface area contributed by atoms with Gasteiger partial charge in [0.1, 0.15) is 11.5 Å². The summed E-state index contributed by atoms with van der Waals surface area (Å²) in [5, 5.41) is 10.6. The van der Waals surface area contributed by atoms with Gasteiger partial charge in [0.05, 0.1) is 18.2 Å². The minimum absolute atomic E-state index is 0.0298. The molecule has 276 valence electrons. The van der Waals surface area contributed by atoms with E-state index in [-0.39, 0.29) is 28.9 Å². The first kappa shape index (κ1) is 36.9. The van der Waals surface area contributed by atoms with Crippen molar-refractivity contribution in [1.29, 1.82) is 0 Å². The molecule has 2 aromatic heterocycles. The van der Waals surface area contributed by atoms with Crippen LogP contribution in [0, 0.1) is 13.8 Å². The summed E-state index contributed by atoms with van der Waals surface area (Å²) in [6.07, 6.45) is 4.88. The number of hydrogen-bond donors (Lipinski definition) is 4. The van der Waals surface area contributed by atoms with Crippen molar-refractivity contribution in [2.24, 2.45) is 0 Å². The molecule has 53 heavy (non-hydrogen) atoms. The van der Waals surface area contributed by atoms with Gasteiger partial charge in [0.2, 0.25) is 31.4 Å². The molecule has 0 atom stereocenters. The van der Waals surface area contributed by atoms with E-state index < -0.39 is 20.0 Å². The molecule has 0 aliphatic heterocycles. The normalized spacial score (nSPS) is 11.7. The van der Waals surface area contributed by atoms with E-state index in [0.29, 0.717) is 40.6 Å². The van der Waals surface area contributed by atoms with Gasteiger partial charge in [-0.05, 0) is 105 Å². The average molecular weight is 758 g/mol. The number of ether oxygens (including phenoxy) is 2. The summed E-state index contributed by atoms with van der Waals surface area (Å²) in [5.74, 6) is 1.04. The Kier molecular flexibility index (Phi) is 10.7. The van der Waals surface area contributed by atoms with Crippen LogP contribution in [0.3, 0.4) is 0 Å². The summed E-state index contributed by atoms with van der Waals surface area (Å²) < 4.78 is 65.4. The number of nitrogens with zero attached hydrogens (tertiary/aromatic N) is 3. The van der Waals surface area contributed by atoms with Crippen LogP contribution in [0.5, 0.6) is 23.1 Å². The van der Waals surface area contributed by atoms with Gasteiger partial charge in [-0.25, -0.2) is 21.8 Å². The Hall–Kier alpha value is -5.87. The smallest absolute Gasteiger partial charge is 0.286 e. The molecular weight excluding hydrogens is 719 g/mol. The molecule has 6 rings (SSSR count). The molecule has 1 amide bonds. The van der Waals surface area contributed by atoms with Crippen LogP contribution < -0.4 is 24.2 Å². The fourth-order valence-corrected chi connectivity index (χ4v) is 6.71. The molecular formula is C37H39N7O7S2. The van der Waals surface area contributed by atoms with Crippen molar-refractivity contribution in [3.05, 3.63) is 113 Å². The molecule has 4 aromatic carbocycles. The summed E-state index contributed by atoms with van der Waals surface area (Å²) in [7, 11) is -6.97. The molecule has 4 N–H and O–H groups in total. The van der Waals surface area contributed by atoms with Crippen molar-refractivity contribution in [3.8, 4) is 34.5 Å². The fraction of sp³-hybridized carbons (Fsp3) is 0.216. The lowest BCUT2D eigenvalue weighted by molar-refractivity contribution is 0.0953. The van der Waals surface area contributed by atoms with E-state index in [0.717, 1.165) is 31.8 Å². The molecule has 0 aliphatic rings. The van der Waals surface area contributed by atoms with Crippen LogP contribution in [-0.2, 0) is 26.5 Å². The Morgan fingerprint density at radius 2 is 1.51 bits per heavy atom. The molecule has 16 heteroatoms. The molecule has 14 nitrogen and oxygen atoms in total. The minimum atomic E-state index is -3.53. The lowest BCUT2D eigenvalue weighted by Crippen LogP contribution is -2.24. The highest BCUT2D eigenvalue weighted by Crippen LogP contribution is 2.38. The van der Waals surface area contributed by atoms with Crippen LogP contribution in [0.15, 0.2) is 91.0 Å². The van der Waals surface area contributed by atoms with Gasteiger partial charge in [-0.1, -0.05) is 29.8 Å². The summed E-state index contributed by atoms with van der Waals surface area (Å²) in [6.45, 7) is 4.76. The third-order valence-corrected chi connectivity index (χ3v) is 9.24. The predicted octanol–water partition coefficient (Wildman–Crippen LogP) is 6.42. The number of fused-ring (bicyclic) bond motifs is 1. The Balaban J connectivity index is 1.18. The Labute approximate surface area is 307 Å². The van der Waals surface area contributed by atoms with Gasteiger partial charge in [0.15, 0.2) is 5.82 Å². The second-order valence-corrected chi connectivity index (χ2v) is 16.2. The first-order valence-corrected chi connectivity index (χ1v) is 20.4. The molecule has 0 saturated carbocycles. The molecule has 0 radical (unpaired) electrons. The maximum absolute atomic E-state index is 12.9. The summed E-state index contributed by atoms with van der Waals surface area (Å²) in [6, 6.07) is 26.0. The molecule has 0 saturated heterocycles. The Morgan fingerprint density at radius 3 is 2.21 bits per heavy atom. The second kappa shape index (κ2) is 15.4. The highest BCUT2D eigenvalue weighted by molar-refractivity contribution is 7.92. The van der Waals surface area contributed by atoms with Gasteiger partial charge in [-0.3, -0.25) is 19.3 Å². The van der Waals surface area contributed by atoms with Crippen molar-refractivity contribution in [2.75, 3.05) is 28.5 Å². The van der Waals surface area contributed by atoms with Crippen LogP contribution >= 0.6 is 0 Å². The monoisotopic (exact) mass is 757 g/mol. The second-order valence-electron chi connectivity index (χ2n) is 12.7. The molecule has 0 spiro atoms. The van der Waals surface area contributed by atoms with Crippen molar-refractivity contribution >= 4 is 43.0 Å². The number of H-pyrrole nitrogens is 1. The number of carbonyl (C=O) groups is 1. The number of benzene rings is 4. The third kappa shape index (κ3) is 9.93. The van der Waals surface area contributed by atoms with Crippen LogP contribution in [0.4, 0.5) is 11.4 Å². The Bertz CT molecular complexity index is 2480. The van der Waals surface area contributed by atoms with E-state index in [2.05, 4.69) is 62.0 Å². The minimum Gasteiger partial charge on any atom is -0.448 e. The zero-order chi connectivity index (χ0) is 37.8. The quantitative estimate of drug-likeness (QED) is 0.0858. The molecule has 0 bridgehead atoms. The van der Waals surface area contributed by atoms with Gasteiger partial charge in [-0.15, -0.1) is 9.73 Å². The van der Waals surface area contributed by atoms with Crippen molar-refractivity contribution in [2.45, 2.75) is 33.1 Å². The molecule has 6 aromatic rings.